The Morgan fingerprint density at radius 3 is 2.77 bits per heavy atom. The lowest BCUT2D eigenvalue weighted by Gasteiger charge is -2.40. The Kier molecular flexibility index (Phi) is 7.39. The van der Waals surface area contributed by atoms with Gasteiger partial charge in [0, 0.05) is 9.77 Å². The molecule has 3 unspecified atom stereocenters. The summed E-state index contributed by atoms with van der Waals surface area (Å²) in [5.74, 6) is -0.254. The summed E-state index contributed by atoms with van der Waals surface area (Å²) in [6, 6.07) is -0.360. The standard InChI is InChI=1S/C23H34FIN4O5Si/c1-22(2,3)35(4,5)33-13-32-21(30)34-23(14-10-31-11-15(14)24)8-6-7-17(23)29-9-16(25)18-19(26)27-12-28-20(18)29/h9,12,14-15,17H,6-8,10-11,13H2,1-5H3,(H2,26,27,28)/t14?,15?,17-,23?/m1/s1. The van der Waals surface area contributed by atoms with E-state index in [2.05, 4.69) is 66.4 Å². The third kappa shape index (κ3) is 4.90. The first-order valence-electron chi connectivity index (χ1n) is 11.9. The zero-order valence-corrected chi connectivity index (χ0v) is 24.0. The van der Waals surface area contributed by atoms with Crippen molar-refractivity contribution in [2.45, 2.75) is 76.0 Å². The van der Waals surface area contributed by atoms with Crippen LogP contribution in [0.25, 0.3) is 11.0 Å². The molecule has 2 aromatic heterocycles. The summed E-state index contributed by atoms with van der Waals surface area (Å²) in [4.78, 5) is 21.5. The fourth-order valence-electron chi connectivity index (χ4n) is 4.89. The molecule has 0 aromatic carbocycles. The summed E-state index contributed by atoms with van der Waals surface area (Å²) in [6.07, 6.45) is 3.12. The van der Waals surface area contributed by atoms with Crippen LogP contribution in [0.4, 0.5) is 15.0 Å². The van der Waals surface area contributed by atoms with Gasteiger partial charge < -0.3 is 28.9 Å². The number of carbonyl (C=O) groups excluding carboxylic acids is 1. The fourth-order valence-corrected chi connectivity index (χ4v) is 6.49. The number of nitrogen functional groups attached to an aromatic ring is 1. The number of ether oxygens (including phenoxy) is 3. The molecule has 2 fully saturated rings. The predicted octanol–water partition coefficient (Wildman–Crippen LogP) is 5.20. The first-order chi connectivity index (χ1) is 16.4. The van der Waals surface area contributed by atoms with Crippen LogP contribution in [0.1, 0.15) is 46.1 Å². The van der Waals surface area contributed by atoms with Gasteiger partial charge in [-0.2, -0.15) is 0 Å². The van der Waals surface area contributed by atoms with Crippen LogP contribution in [0, 0.1) is 9.49 Å². The molecule has 1 aliphatic carbocycles. The molecular formula is C23H34FIN4O5Si. The molecule has 0 amide bonds. The van der Waals surface area contributed by atoms with Gasteiger partial charge in [0.25, 0.3) is 0 Å². The fraction of sp³-hybridized carbons (Fsp3) is 0.696. The van der Waals surface area contributed by atoms with E-state index in [0.29, 0.717) is 24.3 Å². The monoisotopic (exact) mass is 620 g/mol. The van der Waals surface area contributed by atoms with E-state index in [9.17, 15) is 4.79 Å². The number of anilines is 1. The molecule has 1 aliphatic heterocycles. The summed E-state index contributed by atoms with van der Waals surface area (Å²) in [5, 5.41) is 0.704. The van der Waals surface area contributed by atoms with Gasteiger partial charge in [-0.1, -0.05) is 20.8 Å². The zero-order chi connectivity index (χ0) is 25.6. The van der Waals surface area contributed by atoms with Gasteiger partial charge >= 0.3 is 6.16 Å². The molecule has 9 nitrogen and oxygen atoms in total. The Hall–Kier alpha value is -1.51. The van der Waals surface area contributed by atoms with Crippen molar-refractivity contribution in [2.24, 2.45) is 5.92 Å². The second kappa shape index (κ2) is 9.75. The maximum atomic E-state index is 15.1. The number of nitrogens with two attached hydrogens (primary N) is 1. The highest BCUT2D eigenvalue weighted by Gasteiger charge is 2.58. The topological polar surface area (TPSA) is 111 Å². The Balaban J connectivity index is 1.62. The number of aromatic nitrogens is 3. The van der Waals surface area contributed by atoms with Crippen molar-refractivity contribution in [3.05, 3.63) is 16.1 Å². The molecule has 12 heteroatoms. The van der Waals surface area contributed by atoms with Crippen molar-refractivity contribution in [1.82, 2.24) is 14.5 Å². The Morgan fingerprint density at radius 1 is 1.37 bits per heavy atom. The van der Waals surface area contributed by atoms with Crippen molar-refractivity contribution in [3.8, 4) is 0 Å². The lowest BCUT2D eigenvalue weighted by atomic mass is 9.81. The molecule has 0 radical (unpaired) electrons. The largest absolute Gasteiger partial charge is 0.511 e. The van der Waals surface area contributed by atoms with Crippen LogP contribution < -0.4 is 5.73 Å². The maximum absolute atomic E-state index is 15.1. The van der Waals surface area contributed by atoms with Gasteiger partial charge in [0.15, 0.2) is 15.1 Å². The number of carbonyl (C=O) groups is 1. The van der Waals surface area contributed by atoms with Gasteiger partial charge in [0.1, 0.15) is 29.6 Å². The van der Waals surface area contributed by atoms with Gasteiger partial charge in [-0.15, -0.1) is 0 Å². The summed E-state index contributed by atoms with van der Waals surface area (Å²) in [7, 11) is -2.11. The van der Waals surface area contributed by atoms with Crippen molar-refractivity contribution in [3.63, 3.8) is 0 Å². The highest BCUT2D eigenvalue weighted by atomic mass is 127. The lowest BCUT2D eigenvalue weighted by Crippen LogP contribution is -2.50. The smallest absolute Gasteiger partial charge is 0.425 e. The SMILES string of the molecule is CC(C)(C)[Si](C)(C)OCOC(=O)OC1(C2COCC2F)CCC[C@H]1n1cc(I)c2c(N)ncnc21. The summed E-state index contributed by atoms with van der Waals surface area (Å²) in [5.41, 5.74) is 5.59. The third-order valence-electron chi connectivity index (χ3n) is 7.85. The highest BCUT2D eigenvalue weighted by Crippen LogP contribution is 2.51. The number of hydrogen-bond donors (Lipinski definition) is 1. The van der Waals surface area contributed by atoms with Gasteiger partial charge in [-0.3, -0.25) is 0 Å². The van der Waals surface area contributed by atoms with Crippen LogP contribution in [0.2, 0.25) is 18.1 Å². The van der Waals surface area contributed by atoms with E-state index in [-0.39, 0.29) is 31.1 Å². The molecule has 4 atom stereocenters. The van der Waals surface area contributed by atoms with E-state index >= 15 is 4.39 Å². The molecule has 2 aliphatic rings. The normalized spacial score (nSPS) is 27.5. The van der Waals surface area contributed by atoms with Crippen LogP contribution in [0.3, 0.4) is 0 Å². The first-order valence-corrected chi connectivity index (χ1v) is 15.8. The van der Waals surface area contributed by atoms with Crippen LogP contribution in [0.5, 0.6) is 0 Å². The quantitative estimate of drug-likeness (QED) is 0.203. The number of alkyl halides is 1. The molecule has 0 bridgehead atoms. The molecule has 4 rings (SSSR count). The number of nitrogens with zero attached hydrogens (tertiary/aromatic N) is 3. The summed E-state index contributed by atoms with van der Waals surface area (Å²) < 4.78 is 40.8. The van der Waals surface area contributed by atoms with Crippen molar-refractivity contribution in [1.29, 1.82) is 0 Å². The van der Waals surface area contributed by atoms with Gasteiger partial charge in [0.2, 0.25) is 0 Å². The number of fused-ring (bicyclic) bond motifs is 1. The molecule has 1 saturated carbocycles. The van der Waals surface area contributed by atoms with Gasteiger partial charge in [-0.05, 0) is 60.0 Å². The molecule has 2 N–H and O–H groups in total. The summed E-state index contributed by atoms with van der Waals surface area (Å²) in [6.45, 7) is 10.4. The molecule has 194 valence electrons. The van der Waals surface area contributed by atoms with Crippen LogP contribution >= 0.6 is 22.6 Å². The van der Waals surface area contributed by atoms with E-state index < -0.39 is 32.2 Å². The number of rotatable bonds is 6. The molecular weight excluding hydrogens is 586 g/mol. The minimum absolute atomic E-state index is 0.0227. The number of halogens is 2. The van der Waals surface area contributed by atoms with E-state index in [1.165, 1.54) is 6.33 Å². The molecule has 1 saturated heterocycles. The minimum Gasteiger partial charge on any atom is -0.425 e. The second-order valence-corrected chi connectivity index (χ2v) is 16.9. The van der Waals surface area contributed by atoms with Crippen molar-refractivity contribution in [2.75, 3.05) is 25.7 Å². The minimum atomic E-state index is -2.11. The molecule has 0 spiro atoms. The van der Waals surface area contributed by atoms with E-state index in [4.69, 9.17) is 24.4 Å². The third-order valence-corrected chi connectivity index (χ3v) is 13.1. The molecule has 3 heterocycles. The summed E-state index contributed by atoms with van der Waals surface area (Å²) >= 11 is 2.19. The van der Waals surface area contributed by atoms with Gasteiger partial charge in [-0.25, -0.2) is 19.2 Å². The molecule has 2 aromatic rings. The predicted molar refractivity (Wildman–Crippen MR) is 140 cm³/mol. The highest BCUT2D eigenvalue weighted by molar-refractivity contribution is 14.1. The Bertz CT molecular complexity index is 1090. The van der Waals surface area contributed by atoms with Crippen LogP contribution in [0.15, 0.2) is 12.5 Å². The van der Waals surface area contributed by atoms with Gasteiger partial charge in [0.05, 0.1) is 30.6 Å². The van der Waals surface area contributed by atoms with Crippen LogP contribution in [-0.4, -0.2) is 60.8 Å². The zero-order valence-electron chi connectivity index (χ0n) is 20.8. The Morgan fingerprint density at radius 2 is 2.11 bits per heavy atom. The average molecular weight is 621 g/mol. The van der Waals surface area contributed by atoms with E-state index in [1.54, 1.807) is 0 Å². The van der Waals surface area contributed by atoms with Crippen LogP contribution in [-0.2, 0) is 18.6 Å². The van der Waals surface area contributed by atoms with E-state index in [1.807, 2.05) is 10.8 Å². The average Bonchev–Trinajstić information content (AvgIpc) is 3.45. The van der Waals surface area contributed by atoms with E-state index in [0.717, 1.165) is 15.4 Å². The number of hydrogen-bond acceptors (Lipinski definition) is 8. The van der Waals surface area contributed by atoms with Crippen molar-refractivity contribution < 1.29 is 27.8 Å². The Labute approximate surface area is 219 Å². The van der Waals surface area contributed by atoms with Crippen molar-refractivity contribution >= 4 is 53.9 Å². The first kappa shape index (κ1) is 26.5. The lowest BCUT2D eigenvalue weighted by molar-refractivity contribution is -0.108. The maximum Gasteiger partial charge on any atom is 0.511 e. The second-order valence-electron chi connectivity index (χ2n) is 10.9. The molecule has 35 heavy (non-hydrogen) atoms.